The second-order valence-electron chi connectivity index (χ2n) is 5.90. The highest BCUT2D eigenvalue weighted by atomic mass is 19.1. The molecule has 1 N–H and O–H groups in total. The standard InChI is InChI=1S/C19H19FN2O4/c1-12-16(18(23)21-8-10-25-2)17-15(26-12)7-9-22(19(17)24)11-13-3-5-14(20)6-4-13/h3-7,9H,8,10-11H2,1-2H3,(H,21,23). The summed E-state index contributed by atoms with van der Waals surface area (Å²) in [5.41, 5.74) is 1.04. The highest BCUT2D eigenvalue weighted by Crippen LogP contribution is 2.22. The number of pyridine rings is 1. The predicted octanol–water partition coefficient (Wildman–Crippen LogP) is 2.47. The molecule has 2 heterocycles. The lowest BCUT2D eigenvalue weighted by Crippen LogP contribution is -2.29. The lowest BCUT2D eigenvalue weighted by Gasteiger charge is -2.07. The van der Waals surface area contributed by atoms with Crippen LogP contribution in [0, 0.1) is 12.7 Å². The molecule has 136 valence electrons. The van der Waals surface area contributed by atoms with Crippen molar-refractivity contribution in [3.05, 3.63) is 69.6 Å². The Morgan fingerprint density at radius 3 is 2.69 bits per heavy atom. The van der Waals surface area contributed by atoms with E-state index in [0.29, 0.717) is 24.5 Å². The van der Waals surface area contributed by atoms with Gasteiger partial charge in [-0.1, -0.05) is 12.1 Å². The SMILES string of the molecule is COCCNC(=O)c1c(C)oc2ccn(Cc3ccc(F)cc3)c(=O)c12. The molecule has 1 amide bonds. The smallest absolute Gasteiger partial charge is 0.262 e. The van der Waals surface area contributed by atoms with Crippen LogP contribution in [-0.4, -0.2) is 30.7 Å². The lowest BCUT2D eigenvalue weighted by atomic mass is 10.1. The van der Waals surface area contributed by atoms with Crippen molar-refractivity contribution >= 4 is 16.9 Å². The molecule has 3 aromatic rings. The molecule has 26 heavy (non-hydrogen) atoms. The Hall–Kier alpha value is -2.93. The zero-order chi connectivity index (χ0) is 18.7. The molecule has 0 saturated carbocycles. The molecule has 0 bridgehead atoms. The average molecular weight is 358 g/mol. The fourth-order valence-corrected chi connectivity index (χ4v) is 2.80. The topological polar surface area (TPSA) is 73.5 Å². The predicted molar refractivity (Wildman–Crippen MR) is 94.9 cm³/mol. The third kappa shape index (κ3) is 3.52. The highest BCUT2D eigenvalue weighted by molar-refractivity contribution is 6.06. The summed E-state index contributed by atoms with van der Waals surface area (Å²) in [4.78, 5) is 25.4. The van der Waals surface area contributed by atoms with Crippen LogP contribution in [0.15, 0.2) is 45.7 Å². The first kappa shape index (κ1) is 17.9. The number of benzene rings is 1. The number of amides is 1. The molecule has 2 aromatic heterocycles. The number of nitrogens with one attached hydrogen (secondary N) is 1. The van der Waals surface area contributed by atoms with Gasteiger partial charge in [0, 0.05) is 19.9 Å². The molecule has 0 atom stereocenters. The maximum Gasteiger partial charge on any atom is 0.262 e. The van der Waals surface area contributed by atoms with Gasteiger partial charge in [0.05, 0.1) is 24.1 Å². The summed E-state index contributed by atoms with van der Waals surface area (Å²) in [5, 5.41) is 2.95. The second-order valence-corrected chi connectivity index (χ2v) is 5.90. The molecule has 0 aliphatic rings. The van der Waals surface area contributed by atoms with Gasteiger partial charge in [-0.2, -0.15) is 0 Å². The van der Waals surface area contributed by atoms with Gasteiger partial charge in [0.1, 0.15) is 17.2 Å². The summed E-state index contributed by atoms with van der Waals surface area (Å²) in [6, 6.07) is 7.57. The van der Waals surface area contributed by atoms with Crippen molar-refractivity contribution < 1.29 is 18.3 Å². The van der Waals surface area contributed by atoms with Crippen molar-refractivity contribution in [3.8, 4) is 0 Å². The van der Waals surface area contributed by atoms with Crippen LogP contribution in [0.1, 0.15) is 21.7 Å². The van der Waals surface area contributed by atoms with Crippen molar-refractivity contribution in [2.24, 2.45) is 0 Å². The molecule has 7 heteroatoms. The van der Waals surface area contributed by atoms with E-state index in [4.69, 9.17) is 9.15 Å². The summed E-state index contributed by atoms with van der Waals surface area (Å²) in [6.45, 7) is 2.62. The monoisotopic (exact) mass is 358 g/mol. The number of ether oxygens (including phenoxy) is 1. The van der Waals surface area contributed by atoms with Gasteiger partial charge in [-0.15, -0.1) is 0 Å². The minimum atomic E-state index is -0.380. The number of aromatic nitrogens is 1. The van der Waals surface area contributed by atoms with Crippen molar-refractivity contribution in [1.82, 2.24) is 9.88 Å². The largest absolute Gasteiger partial charge is 0.460 e. The number of aryl methyl sites for hydroxylation is 1. The van der Waals surface area contributed by atoms with Crippen LogP contribution in [0.3, 0.4) is 0 Å². The van der Waals surface area contributed by atoms with Gasteiger partial charge in [-0.25, -0.2) is 4.39 Å². The Labute approximate surface area is 149 Å². The molecular weight excluding hydrogens is 339 g/mol. The molecule has 0 unspecified atom stereocenters. The Morgan fingerprint density at radius 1 is 1.27 bits per heavy atom. The van der Waals surface area contributed by atoms with Gasteiger partial charge in [-0.05, 0) is 30.7 Å². The number of halogens is 1. The number of rotatable bonds is 6. The number of fused-ring (bicyclic) bond motifs is 1. The minimum absolute atomic E-state index is 0.231. The number of carbonyl (C=O) groups excluding carboxylic acids is 1. The van der Waals surface area contributed by atoms with E-state index in [0.717, 1.165) is 5.56 Å². The van der Waals surface area contributed by atoms with Crippen LogP contribution in [-0.2, 0) is 11.3 Å². The fourth-order valence-electron chi connectivity index (χ4n) is 2.80. The van der Waals surface area contributed by atoms with E-state index >= 15 is 0 Å². The van der Waals surface area contributed by atoms with Crippen molar-refractivity contribution in [2.45, 2.75) is 13.5 Å². The first-order chi connectivity index (χ1) is 12.5. The number of carbonyl (C=O) groups is 1. The molecule has 0 aliphatic heterocycles. The molecule has 0 saturated heterocycles. The van der Waals surface area contributed by atoms with Crippen LogP contribution >= 0.6 is 0 Å². The fraction of sp³-hybridized carbons (Fsp3) is 0.263. The molecule has 3 rings (SSSR count). The molecule has 1 aromatic carbocycles. The second kappa shape index (κ2) is 7.53. The number of methoxy groups -OCH3 is 1. The zero-order valence-electron chi connectivity index (χ0n) is 14.5. The molecule has 0 fully saturated rings. The lowest BCUT2D eigenvalue weighted by molar-refractivity contribution is 0.0937. The van der Waals surface area contributed by atoms with Gasteiger partial charge >= 0.3 is 0 Å². The Balaban J connectivity index is 1.99. The summed E-state index contributed by atoms with van der Waals surface area (Å²) in [7, 11) is 1.54. The number of nitrogens with zero attached hydrogens (tertiary/aromatic N) is 1. The molecule has 0 radical (unpaired) electrons. The molecule has 6 nitrogen and oxygen atoms in total. The summed E-state index contributed by atoms with van der Waals surface area (Å²) in [5.74, 6) is -0.335. The quantitative estimate of drug-likeness (QED) is 0.687. The maximum atomic E-state index is 13.1. The first-order valence-corrected chi connectivity index (χ1v) is 8.15. The Bertz CT molecular complexity index is 989. The summed E-state index contributed by atoms with van der Waals surface area (Å²) in [6.07, 6.45) is 1.60. The average Bonchev–Trinajstić information content (AvgIpc) is 2.96. The van der Waals surface area contributed by atoms with E-state index in [2.05, 4.69) is 5.32 Å². The molecular formula is C19H19FN2O4. The van der Waals surface area contributed by atoms with Gasteiger partial charge in [0.15, 0.2) is 0 Å². The van der Waals surface area contributed by atoms with Crippen molar-refractivity contribution in [1.29, 1.82) is 0 Å². The molecule has 0 spiro atoms. The zero-order valence-corrected chi connectivity index (χ0v) is 14.5. The highest BCUT2D eigenvalue weighted by Gasteiger charge is 2.21. The third-order valence-corrected chi connectivity index (χ3v) is 4.08. The van der Waals surface area contributed by atoms with Gasteiger partial charge < -0.3 is 19.0 Å². The normalized spacial score (nSPS) is 11.0. The van der Waals surface area contributed by atoms with Crippen LogP contribution in [0.4, 0.5) is 4.39 Å². The number of hydrogen-bond donors (Lipinski definition) is 1. The van der Waals surface area contributed by atoms with E-state index < -0.39 is 0 Å². The van der Waals surface area contributed by atoms with E-state index in [1.54, 1.807) is 38.4 Å². The number of furan rings is 1. The molecule has 0 aliphatic carbocycles. The van der Waals surface area contributed by atoms with Crippen molar-refractivity contribution in [3.63, 3.8) is 0 Å². The third-order valence-electron chi connectivity index (χ3n) is 4.08. The van der Waals surface area contributed by atoms with Gasteiger partial charge in [0.25, 0.3) is 11.5 Å². The van der Waals surface area contributed by atoms with E-state index in [-0.39, 0.29) is 34.8 Å². The number of hydrogen-bond acceptors (Lipinski definition) is 4. The summed E-state index contributed by atoms with van der Waals surface area (Å²) >= 11 is 0. The van der Waals surface area contributed by atoms with Gasteiger partial charge in [-0.3, -0.25) is 9.59 Å². The van der Waals surface area contributed by atoms with Crippen LogP contribution in [0.5, 0.6) is 0 Å². The van der Waals surface area contributed by atoms with Crippen LogP contribution < -0.4 is 10.9 Å². The Morgan fingerprint density at radius 2 is 2.00 bits per heavy atom. The van der Waals surface area contributed by atoms with Crippen LogP contribution in [0.25, 0.3) is 11.0 Å². The van der Waals surface area contributed by atoms with E-state index in [1.807, 2.05) is 0 Å². The summed E-state index contributed by atoms with van der Waals surface area (Å²) < 4.78 is 25.0. The van der Waals surface area contributed by atoms with Crippen molar-refractivity contribution in [2.75, 3.05) is 20.3 Å². The van der Waals surface area contributed by atoms with Gasteiger partial charge in [0.2, 0.25) is 0 Å². The Kier molecular flexibility index (Phi) is 5.18. The maximum absolute atomic E-state index is 13.1. The van der Waals surface area contributed by atoms with Crippen LogP contribution in [0.2, 0.25) is 0 Å². The minimum Gasteiger partial charge on any atom is -0.460 e. The van der Waals surface area contributed by atoms with E-state index in [9.17, 15) is 14.0 Å². The van der Waals surface area contributed by atoms with E-state index in [1.165, 1.54) is 16.7 Å². The first-order valence-electron chi connectivity index (χ1n) is 8.15.